The predicted molar refractivity (Wildman–Crippen MR) is 59.3 cm³/mol. The minimum Gasteiger partial charge on any atom is -0.350 e. The summed E-state index contributed by atoms with van der Waals surface area (Å²) in [5.41, 5.74) is 5.54. The van der Waals surface area contributed by atoms with E-state index in [9.17, 15) is 4.79 Å². The van der Waals surface area contributed by atoms with Gasteiger partial charge in [0.05, 0.1) is 6.04 Å². The first kappa shape index (κ1) is 10.9. The number of nitrogens with one attached hydrogen (secondary N) is 1. The first-order chi connectivity index (χ1) is 7.08. The van der Waals surface area contributed by atoms with E-state index >= 15 is 0 Å². The van der Waals surface area contributed by atoms with Crippen LogP contribution in [0.3, 0.4) is 0 Å². The highest BCUT2D eigenvalue weighted by molar-refractivity contribution is 5.81. The van der Waals surface area contributed by atoms with Crippen molar-refractivity contribution in [3.63, 3.8) is 0 Å². The molecule has 3 N–H and O–H groups in total. The van der Waals surface area contributed by atoms with E-state index in [1.54, 1.807) is 6.92 Å². The summed E-state index contributed by atoms with van der Waals surface area (Å²) in [6, 6.07) is 0.695. The molecule has 2 fully saturated rings. The normalized spacial score (nSPS) is 34.1. The summed E-state index contributed by atoms with van der Waals surface area (Å²) in [6.07, 6.45) is 2.67. The van der Waals surface area contributed by atoms with Gasteiger partial charge in [-0.15, -0.1) is 0 Å². The van der Waals surface area contributed by atoms with E-state index in [1.165, 1.54) is 12.8 Å². The highest BCUT2D eigenvalue weighted by Gasteiger charge is 2.38. The topological polar surface area (TPSA) is 58.4 Å². The van der Waals surface area contributed by atoms with E-state index in [2.05, 4.69) is 17.1 Å². The molecule has 1 amide bonds. The Labute approximate surface area is 91.2 Å². The molecule has 1 aliphatic heterocycles. The van der Waals surface area contributed by atoms with Gasteiger partial charge in [0, 0.05) is 25.2 Å². The summed E-state index contributed by atoms with van der Waals surface area (Å²) in [5, 5.41) is 3.04. The lowest BCUT2D eigenvalue weighted by Gasteiger charge is -2.18. The molecule has 3 atom stereocenters. The number of hydrogen-bond acceptors (Lipinski definition) is 3. The molecule has 1 heterocycles. The number of carbonyl (C=O) groups excluding carboxylic acids is 1. The number of hydrogen-bond donors (Lipinski definition) is 2. The smallest absolute Gasteiger partial charge is 0.236 e. The third-order valence-corrected chi connectivity index (χ3v) is 3.45. The number of carbonyl (C=O) groups is 1. The van der Waals surface area contributed by atoms with E-state index in [4.69, 9.17) is 5.73 Å². The minimum absolute atomic E-state index is 0.0236. The molecule has 1 aliphatic carbocycles. The second-order valence-corrected chi connectivity index (χ2v) is 5.07. The van der Waals surface area contributed by atoms with Crippen molar-refractivity contribution < 1.29 is 4.79 Å². The maximum atomic E-state index is 11.5. The predicted octanol–water partition coefficient (Wildman–Crippen LogP) is -0.0675. The Hall–Kier alpha value is -0.610. The molecule has 0 aromatic heterocycles. The molecular weight excluding hydrogens is 190 g/mol. The van der Waals surface area contributed by atoms with E-state index in [0.717, 1.165) is 19.1 Å². The molecule has 0 spiro atoms. The van der Waals surface area contributed by atoms with Gasteiger partial charge in [0.25, 0.3) is 0 Å². The third-order valence-electron chi connectivity index (χ3n) is 3.45. The number of nitrogens with zero attached hydrogens (tertiary/aromatic N) is 1. The highest BCUT2D eigenvalue weighted by Crippen LogP contribution is 2.31. The van der Waals surface area contributed by atoms with Crippen LogP contribution < -0.4 is 11.1 Å². The van der Waals surface area contributed by atoms with Gasteiger partial charge in [-0.05, 0) is 25.7 Å². The highest BCUT2D eigenvalue weighted by atomic mass is 16.2. The van der Waals surface area contributed by atoms with Gasteiger partial charge in [0.15, 0.2) is 0 Å². The summed E-state index contributed by atoms with van der Waals surface area (Å²) in [6.45, 7) is 6.06. The van der Waals surface area contributed by atoms with Crippen molar-refractivity contribution in [3.8, 4) is 0 Å². The number of rotatable bonds is 3. The van der Waals surface area contributed by atoms with Crippen LogP contribution in [0.4, 0.5) is 0 Å². The van der Waals surface area contributed by atoms with E-state index < -0.39 is 6.04 Å². The van der Waals surface area contributed by atoms with E-state index in [-0.39, 0.29) is 5.91 Å². The molecule has 2 unspecified atom stereocenters. The average Bonchev–Trinajstić information content (AvgIpc) is 2.93. The number of amides is 1. The van der Waals surface area contributed by atoms with Gasteiger partial charge in [-0.25, -0.2) is 0 Å². The zero-order valence-corrected chi connectivity index (χ0v) is 9.57. The van der Waals surface area contributed by atoms with Gasteiger partial charge >= 0.3 is 0 Å². The first-order valence-electron chi connectivity index (χ1n) is 5.88. The molecule has 86 valence electrons. The van der Waals surface area contributed by atoms with Crippen LogP contribution in [0.15, 0.2) is 0 Å². The van der Waals surface area contributed by atoms with Crippen molar-refractivity contribution in [3.05, 3.63) is 0 Å². The van der Waals surface area contributed by atoms with Crippen LogP contribution in [0.5, 0.6) is 0 Å². The quantitative estimate of drug-likeness (QED) is 0.687. The molecule has 4 heteroatoms. The molecule has 1 saturated carbocycles. The molecule has 0 bridgehead atoms. The fourth-order valence-corrected chi connectivity index (χ4v) is 2.24. The Morgan fingerprint density at radius 1 is 1.47 bits per heavy atom. The van der Waals surface area contributed by atoms with Crippen molar-refractivity contribution in [1.29, 1.82) is 0 Å². The molecule has 0 radical (unpaired) electrons. The van der Waals surface area contributed by atoms with Crippen LogP contribution in [0.2, 0.25) is 0 Å². The Kier molecular flexibility index (Phi) is 2.98. The van der Waals surface area contributed by atoms with Gasteiger partial charge in [-0.1, -0.05) is 6.92 Å². The van der Waals surface area contributed by atoms with Crippen LogP contribution in [0.25, 0.3) is 0 Å². The minimum atomic E-state index is -0.396. The van der Waals surface area contributed by atoms with Crippen molar-refractivity contribution in [1.82, 2.24) is 10.2 Å². The van der Waals surface area contributed by atoms with Crippen molar-refractivity contribution in [2.75, 3.05) is 13.1 Å². The van der Waals surface area contributed by atoms with Crippen LogP contribution in [-0.4, -0.2) is 42.0 Å². The van der Waals surface area contributed by atoms with Crippen LogP contribution in [0.1, 0.15) is 26.7 Å². The second-order valence-electron chi connectivity index (χ2n) is 5.07. The zero-order valence-electron chi connectivity index (χ0n) is 9.57. The maximum Gasteiger partial charge on any atom is 0.236 e. The average molecular weight is 211 g/mol. The fourth-order valence-electron chi connectivity index (χ4n) is 2.24. The molecule has 0 aromatic carbocycles. The van der Waals surface area contributed by atoms with Gasteiger partial charge < -0.3 is 11.1 Å². The molecular formula is C11H21N3O. The monoisotopic (exact) mass is 211 g/mol. The Balaban J connectivity index is 1.84. The standard InChI is InChI=1S/C11H21N3O/c1-7-5-14(9-3-4-9)6-10(7)13-11(15)8(2)12/h7-10H,3-6,12H2,1-2H3,(H,13,15)/t7?,8-,10?/m1/s1. The molecule has 0 aromatic rings. The number of nitrogens with two attached hydrogens (primary N) is 1. The van der Waals surface area contributed by atoms with Crippen LogP contribution in [-0.2, 0) is 4.79 Å². The van der Waals surface area contributed by atoms with Crippen molar-refractivity contribution in [2.45, 2.75) is 44.8 Å². The molecule has 4 nitrogen and oxygen atoms in total. The lowest BCUT2D eigenvalue weighted by molar-refractivity contribution is -0.122. The Morgan fingerprint density at radius 2 is 2.13 bits per heavy atom. The van der Waals surface area contributed by atoms with Crippen LogP contribution >= 0.6 is 0 Å². The van der Waals surface area contributed by atoms with E-state index in [0.29, 0.717) is 12.0 Å². The lowest BCUT2D eigenvalue weighted by atomic mass is 10.1. The molecule has 2 rings (SSSR count). The van der Waals surface area contributed by atoms with Gasteiger partial charge in [-0.3, -0.25) is 9.69 Å². The maximum absolute atomic E-state index is 11.5. The Bertz CT molecular complexity index is 250. The SMILES string of the molecule is CC1CN(C2CC2)CC1NC(=O)[C@@H](C)N. The lowest BCUT2D eigenvalue weighted by Crippen LogP contribution is -2.46. The van der Waals surface area contributed by atoms with Crippen molar-refractivity contribution in [2.24, 2.45) is 11.7 Å². The van der Waals surface area contributed by atoms with Gasteiger partial charge in [0.1, 0.15) is 0 Å². The molecule has 15 heavy (non-hydrogen) atoms. The van der Waals surface area contributed by atoms with Gasteiger partial charge in [-0.2, -0.15) is 0 Å². The fraction of sp³-hybridized carbons (Fsp3) is 0.909. The first-order valence-corrected chi connectivity index (χ1v) is 5.88. The largest absolute Gasteiger partial charge is 0.350 e. The second kappa shape index (κ2) is 4.10. The van der Waals surface area contributed by atoms with Gasteiger partial charge in [0.2, 0.25) is 5.91 Å². The zero-order chi connectivity index (χ0) is 11.0. The Morgan fingerprint density at radius 3 is 2.67 bits per heavy atom. The molecule has 1 saturated heterocycles. The van der Waals surface area contributed by atoms with Crippen molar-refractivity contribution >= 4 is 5.91 Å². The summed E-state index contributed by atoms with van der Waals surface area (Å²) in [4.78, 5) is 14.0. The summed E-state index contributed by atoms with van der Waals surface area (Å²) in [7, 11) is 0. The summed E-state index contributed by atoms with van der Waals surface area (Å²) < 4.78 is 0. The molecule has 2 aliphatic rings. The van der Waals surface area contributed by atoms with Crippen LogP contribution in [0, 0.1) is 5.92 Å². The summed E-state index contributed by atoms with van der Waals surface area (Å²) >= 11 is 0. The summed E-state index contributed by atoms with van der Waals surface area (Å²) in [5.74, 6) is 0.526. The number of likely N-dealkylation sites (tertiary alicyclic amines) is 1. The van der Waals surface area contributed by atoms with E-state index in [1.807, 2.05) is 0 Å². The third kappa shape index (κ3) is 2.49.